The van der Waals surface area contributed by atoms with Crippen LogP contribution in [0.3, 0.4) is 0 Å². The minimum Gasteiger partial charge on any atom is -0.213 e. The molecule has 0 fully saturated rings. The summed E-state index contributed by atoms with van der Waals surface area (Å²) in [7, 11) is 0. The summed E-state index contributed by atoms with van der Waals surface area (Å²) in [6.45, 7) is 5.92. The molecular formula is C28H25N3. The summed E-state index contributed by atoms with van der Waals surface area (Å²) in [6, 6.07) is 21.0. The standard InChI is InChI=1S/C26H19N3.C2H6/c1-18-27-25(23-14-12-19-8-4-2-3-5-10-21(19)16-23)29-26(28-18)24-15-13-20-9-6-7-11-22(20)17-24;1-2/h5-7,9-17H,3,8H2,1H3;1-2H3/b10-5-;. The highest BCUT2D eigenvalue weighted by atomic mass is 15.0. The number of benzene rings is 3. The van der Waals surface area contributed by atoms with Crippen molar-refractivity contribution in [2.75, 3.05) is 0 Å². The second kappa shape index (κ2) is 9.36. The highest BCUT2D eigenvalue weighted by Crippen LogP contribution is 2.26. The molecule has 3 aromatic carbocycles. The van der Waals surface area contributed by atoms with E-state index in [0.29, 0.717) is 17.5 Å². The van der Waals surface area contributed by atoms with Crippen molar-refractivity contribution < 1.29 is 0 Å². The fourth-order valence-electron chi connectivity index (χ4n) is 3.59. The van der Waals surface area contributed by atoms with E-state index in [4.69, 9.17) is 4.98 Å². The van der Waals surface area contributed by atoms with Crippen molar-refractivity contribution in [3.05, 3.63) is 83.7 Å². The molecule has 1 aliphatic rings. The van der Waals surface area contributed by atoms with Crippen molar-refractivity contribution in [1.29, 1.82) is 0 Å². The monoisotopic (exact) mass is 403 g/mol. The van der Waals surface area contributed by atoms with E-state index in [2.05, 4.69) is 82.5 Å². The Kier molecular flexibility index (Phi) is 6.19. The van der Waals surface area contributed by atoms with Gasteiger partial charge in [0.1, 0.15) is 5.82 Å². The lowest BCUT2D eigenvalue weighted by Gasteiger charge is -2.10. The maximum absolute atomic E-state index is 4.80. The Morgan fingerprint density at radius 2 is 1.45 bits per heavy atom. The minimum absolute atomic E-state index is 0.699. The van der Waals surface area contributed by atoms with E-state index >= 15 is 0 Å². The fraction of sp³-hybridized carbons (Fsp3) is 0.179. The number of hydrogen-bond acceptors (Lipinski definition) is 3. The van der Waals surface area contributed by atoms with Crippen LogP contribution < -0.4 is 0 Å². The van der Waals surface area contributed by atoms with Gasteiger partial charge in [-0.2, -0.15) is 0 Å². The van der Waals surface area contributed by atoms with Crippen LogP contribution in [0.2, 0.25) is 0 Å². The molecule has 31 heavy (non-hydrogen) atoms. The Balaban J connectivity index is 0.00000112. The van der Waals surface area contributed by atoms with Gasteiger partial charge in [-0.1, -0.05) is 86.4 Å². The van der Waals surface area contributed by atoms with E-state index in [1.54, 1.807) is 0 Å². The van der Waals surface area contributed by atoms with Gasteiger partial charge in [-0.05, 0) is 41.0 Å². The lowest BCUT2D eigenvalue weighted by molar-refractivity contribution is 0.992. The molecule has 3 nitrogen and oxygen atoms in total. The third kappa shape index (κ3) is 4.54. The van der Waals surface area contributed by atoms with Gasteiger partial charge in [0.25, 0.3) is 0 Å². The van der Waals surface area contributed by atoms with Gasteiger partial charge in [0, 0.05) is 24.0 Å². The second-order valence-electron chi connectivity index (χ2n) is 7.14. The van der Waals surface area contributed by atoms with Crippen molar-refractivity contribution >= 4 is 16.8 Å². The number of aromatic nitrogens is 3. The average molecular weight is 404 g/mol. The van der Waals surface area contributed by atoms with E-state index < -0.39 is 0 Å². The van der Waals surface area contributed by atoms with Crippen molar-refractivity contribution in [1.82, 2.24) is 15.0 Å². The summed E-state index contributed by atoms with van der Waals surface area (Å²) in [5, 5.41) is 2.38. The molecule has 0 N–H and O–H groups in total. The molecule has 0 saturated carbocycles. The number of rotatable bonds is 2. The fourth-order valence-corrected chi connectivity index (χ4v) is 3.59. The first-order valence-corrected chi connectivity index (χ1v) is 10.7. The zero-order chi connectivity index (χ0) is 21.6. The van der Waals surface area contributed by atoms with Crippen LogP contribution in [0.1, 0.15) is 37.2 Å². The van der Waals surface area contributed by atoms with Crippen LogP contribution >= 0.6 is 0 Å². The van der Waals surface area contributed by atoms with Gasteiger partial charge < -0.3 is 0 Å². The predicted octanol–water partition coefficient (Wildman–Crippen LogP) is 6.66. The Hall–Kier alpha value is -3.77. The van der Waals surface area contributed by atoms with Gasteiger partial charge in [0.2, 0.25) is 0 Å². The minimum atomic E-state index is 0.699. The lowest BCUT2D eigenvalue weighted by atomic mass is 9.99. The van der Waals surface area contributed by atoms with Crippen LogP contribution in [-0.4, -0.2) is 15.0 Å². The quantitative estimate of drug-likeness (QED) is 0.351. The van der Waals surface area contributed by atoms with Crippen LogP contribution in [0.4, 0.5) is 0 Å². The summed E-state index contributed by atoms with van der Waals surface area (Å²) in [6.07, 6.45) is 5.82. The first-order valence-electron chi connectivity index (χ1n) is 10.7. The predicted molar refractivity (Wildman–Crippen MR) is 129 cm³/mol. The maximum Gasteiger partial charge on any atom is 0.163 e. The molecule has 1 aromatic heterocycles. The third-order valence-electron chi connectivity index (χ3n) is 5.08. The highest BCUT2D eigenvalue weighted by molar-refractivity contribution is 5.86. The van der Waals surface area contributed by atoms with Crippen LogP contribution in [-0.2, 0) is 6.42 Å². The first kappa shape index (κ1) is 20.5. The number of hydrogen-bond donors (Lipinski definition) is 0. The van der Waals surface area contributed by atoms with Crippen LogP contribution in [0, 0.1) is 18.8 Å². The Morgan fingerprint density at radius 3 is 2.26 bits per heavy atom. The first-order chi connectivity index (χ1) is 15.3. The summed E-state index contributed by atoms with van der Waals surface area (Å²) in [4.78, 5) is 14.0. The molecule has 1 heterocycles. The maximum atomic E-state index is 4.80. The van der Waals surface area contributed by atoms with Gasteiger partial charge in [0.15, 0.2) is 11.6 Å². The SMILES string of the molecule is CC.Cc1nc(-c2ccc3c(c2)/C=C\CC#CC3)nc(-c2ccc3ccccc3c2)n1. The van der Waals surface area contributed by atoms with Gasteiger partial charge in [0.05, 0.1) is 0 Å². The van der Waals surface area contributed by atoms with E-state index in [-0.39, 0.29) is 0 Å². The zero-order valence-corrected chi connectivity index (χ0v) is 18.2. The van der Waals surface area contributed by atoms with Crippen molar-refractivity contribution in [3.8, 4) is 34.6 Å². The largest absolute Gasteiger partial charge is 0.213 e. The molecule has 0 amide bonds. The molecule has 0 unspecified atom stereocenters. The smallest absolute Gasteiger partial charge is 0.163 e. The van der Waals surface area contributed by atoms with E-state index in [1.807, 2.05) is 32.9 Å². The molecule has 0 atom stereocenters. The van der Waals surface area contributed by atoms with E-state index in [0.717, 1.165) is 24.0 Å². The highest BCUT2D eigenvalue weighted by Gasteiger charge is 2.11. The third-order valence-corrected chi connectivity index (χ3v) is 5.08. The molecule has 3 heteroatoms. The molecule has 4 aromatic rings. The molecule has 0 spiro atoms. The van der Waals surface area contributed by atoms with Crippen LogP contribution in [0.25, 0.3) is 39.6 Å². The molecule has 0 aliphatic heterocycles. The van der Waals surface area contributed by atoms with Gasteiger partial charge in [-0.3, -0.25) is 0 Å². The number of aryl methyl sites for hydroxylation is 1. The molecule has 5 rings (SSSR count). The molecule has 0 radical (unpaired) electrons. The van der Waals surface area contributed by atoms with Crippen molar-refractivity contribution in [2.24, 2.45) is 0 Å². The van der Waals surface area contributed by atoms with E-state index in [9.17, 15) is 0 Å². The average Bonchev–Trinajstić information content (AvgIpc) is 2.80. The van der Waals surface area contributed by atoms with Crippen LogP contribution in [0.5, 0.6) is 0 Å². The molecular weight excluding hydrogens is 378 g/mol. The Morgan fingerprint density at radius 1 is 0.742 bits per heavy atom. The number of fused-ring (bicyclic) bond motifs is 2. The van der Waals surface area contributed by atoms with Gasteiger partial charge in [-0.25, -0.2) is 15.0 Å². The van der Waals surface area contributed by atoms with Crippen molar-refractivity contribution in [3.63, 3.8) is 0 Å². The van der Waals surface area contributed by atoms with Gasteiger partial charge in [-0.15, -0.1) is 0 Å². The summed E-state index contributed by atoms with van der Waals surface area (Å²) >= 11 is 0. The molecule has 0 bridgehead atoms. The second-order valence-corrected chi connectivity index (χ2v) is 7.14. The Bertz CT molecular complexity index is 1320. The molecule has 0 saturated heterocycles. The van der Waals surface area contributed by atoms with Crippen LogP contribution in [0.15, 0.2) is 66.7 Å². The van der Waals surface area contributed by atoms with Crippen molar-refractivity contribution in [2.45, 2.75) is 33.6 Å². The summed E-state index contributed by atoms with van der Waals surface area (Å²) in [5.74, 6) is 8.48. The summed E-state index contributed by atoms with van der Waals surface area (Å²) < 4.78 is 0. The number of nitrogens with zero attached hydrogens (tertiary/aromatic N) is 3. The van der Waals surface area contributed by atoms with E-state index in [1.165, 1.54) is 21.9 Å². The van der Waals surface area contributed by atoms with Gasteiger partial charge >= 0.3 is 0 Å². The Labute approximate surface area is 183 Å². The normalized spacial score (nSPS) is 13.0. The molecule has 152 valence electrons. The number of allylic oxidation sites excluding steroid dienone is 1. The summed E-state index contributed by atoms with van der Waals surface area (Å²) in [5.41, 5.74) is 4.41. The molecule has 1 aliphatic carbocycles. The topological polar surface area (TPSA) is 38.7 Å². The zero-order valence-electron chi connectivity index (χ0n) is 18.2. The lowest BCUT2D eigenvalue weighted by Crippen LogP contribution is -2.00.